The first-order valence-corrected chi connectivity index (χ1v) is 10.4. The lowest BCUT2D eigenvalue weighted by Gasteiger charge is -2.48. The summed E-state index contributed by atoms with van der Waals surface area (Å²) in [6.45, 7) is 9.67. The van der Waals surface area contributed by atoms with Gasteiger partial charge in [-0.2, -0.15) is 0 Å². The van der Waals surface area contributed by atoms with E-state index in [0.717, 1.165) is 69.5 Å². The number of aromatic nitrogens is 1. The number of carbonyl (C=O) groups is 2. The molecule has 2 saturated heterocycles. The van der Waals surface area contributed by atoms with Gasteiger partial charge in [-0.1, -0.05) is 20.8 Å². The highest BCUT2D eigenvalue weighted by molar-refractivity contribution is 5.94. The lowest BCUT2D eigenvalue weighted by atomic mass is 9.73. The normalized spacial score (nSPS) is 23.3. The van der Waals surface area contributed by atoms with Crippen LogP contribution in [-0.2, 0) is 11.2 Å². The van der Waals surface area contributed by atoms with Gasteiger partial charge >= 0.3 is 0 Å². The minimum absolute atomic E-state index is 0.0689. The molecule has 148 valence electrons. The molecule has 0 aromatic carbocycles. The third-order valence-corrected chi connectivity index (χ3v) is 6.10. The Bertz CT molecular complexity index is 688. The van der Waals surface area contributed by atoms with Crippen LogP contribution in [0.25, 0.3) is 0 Å². The number of nitrogens with zero attached hydrogens (tertiary/aromatic N) is 3. The van der Waals surface area contributed by atoms with Gasteiger partial charge in [-0.15, -0.1) is 0 Å². The van der Waals surface area contributed by atoms with Crippen molar-refractivity contribution in [2.75, 3.05) is 26.2 Å². The first kappa shape index (κ1) is 19.8. The summed E-state index contributed by atoms with van der Waals surface area (Å²) in [4.78, 5) is 33.8. The quantitative estimate of drug-likeness (QED) is 0.795. The van der Waals surface area contributed by atoms with Crippen LogP contribution in [0.4, 0.5) is 0 Å². The summed E-state index contributed by atoms with van der Waals surface area (Å²) in [5.41, 5.74) is 1.76. The molecule has 2 amide bonds. The van der Waals surface area contributed by atoms with Crippen molar-refractivity contribution in [3.05, 3.63) is 29.6 Å². The van der Waals surface area contributed by atoms with Crippen molar-refractivity contribution in [2.45, 2.75) is 59.3 Å². The standard InChI is InChI=1S/C22H33N3O2/c1-4-19-14-18(7-11-23-19)21(27)25-12-5-9-22(16-25)10-6-20(26)24(15-22)13-8-17(2)3/h7,11,14,17H,4-6,8-10,12-13,15-16H2,1-3H3. The van der Waals surface area contributed by atoms with Gasteiger partial charge in [0.15, 0.2) is 0 Å². The fraction of sp³-hybridized carbons (Fsp3) is 0.682. The molecule has 1 aromatic heterocycles. The van der Waals surface area contributed by atoms with E-state index in [0.29, 0.717) is 12.3 Å². The lowest BCUT2D eigenvalue weighted by molar-refractivity contribution is -0.139. The predicted octanol–water partition coefficient (Wildman–Crippen LogP) is 3.53. The maximum absolute atomic E-state index is 13.1. The molecule has 0 saturated carbocycles. The summed E-state index contributed by atoms with van der Waals surface area (Å²) in [5, 5.41) is 0. The average molecular weight is 372 g/mol. The molecule has 1 atom stereocenters. The number of likely N-dealkylation sites (tertiary alicyclic amines) is 2. The van der Waals surface area contributed by atoms with Crippen molar-refractivity contribution in [2.24, 2.45) is 11.3 Å². The maximum atomic E-state index is 13.1. The number of hydrogen-bond donors (Lipinski definition) is 0. The van der Waals surface area contributed by atoms with Gasteiger partial charge in [0.1, 0.15) is 0 Å². The number of hydrogen-bond acceptors (Lipinski definition) is 3. The van der Waals surface area contributed by atoms with E-state index in [1.54, 1.807) is 6.20 Å². The molecule has 3 rings (SSSR count). The van der Waals surface area contributed by atoms with Crippen molar-refractivity contribution < 1.29 is 9.59 Å². The minimum atomic E-state index is 0.0689. The van der Waals surface area contributed by atoms with Crippen LogP contribution in [0.3, 0.4) is 0 Å². The van der Waals surface area contributed by atoms with Crippen LogP contribution >= 0.6 is 0 Å². The Hall–Kier alpha value is -1.91. The summed E-state index contributed by atoms with van der Waals surface area (Å²) >= 11 is 0. The van der Waals surface area contributed by atoms with Crippen molar-refractivity contribution in [3.8, 4) is 0 Å². The molecule has 0 radical (unpaired) electrons. The number of piperidine rings is 2. The van der Waals surface area contributed by atoms with Crippen LogP contribution < -0.4 is 0 Å². The number of amides is 2. The second-order valence-electron chi connectivity index (χ2n) is 8.72. The van der Waals surface area contributed by atoms with E-state index in [1.165, 1.54) is 0 Å². The molecule has 1 unspecified atom stereocenters. The SMILES string of the molecule is CCc1cc(C(=O)N2CCCC3(CCC(=O)N(CCC(C)C)C3)C2)ccn1. The molecule has 1 aromatic rings. The molecule has 2 fully saturated rings. The summed E-state index contributed by atoms with van der Waals surface area (Å²) in [5.74, 6) is 0.989. The Morgan fingerprint density at radius 1 is 1.30 bits per heavy atom. The Kier molecular flexibility index (Phi) is 6.18. The zero-order valence-corrected chi connectivity index (χ0v) is 17.0. The fourth-order valence-electron chi connectivity index (χ4n) is 4.42. The van der Waals surface area contributed by atoms with E-state index >= 15 is 0 Å². The van der Waals surface area contributed by atoms with Crippen LogP contribution in [0, 0.1) is 11.3 Å². The van der Waals surface area contributed by atoms with Gasteiger partial charge in [0.2, 0.25) is 5.91 Å². The number of carbonyl (C=O) groups excluding carboxylic acids is 2. The molecule has 3 heterocycles. The van der Waals surface area contributed by atoms with Crippen LogP contribution in [0.5, 0.6) is 0 Å². The molecule has 0 bridgehead atoms. The summed E-state index contributed by atoms with van der Waals surface area (Å²) in [6.07, 6.45) is 7.26. The molecular formula is C22H33N3O2. The second-order valence-corrected chi connectivity index (χ2v) is 8.72. The van der Waals surface area contributed by atoms with Crippen molar-refractivity contribution in [1.82, 2.24) is 14.8 Å². The van der Waals surface area contributed by atoms with Gasteiger partial charge in [0.05, 0.1) is 0 Å². The monoisotopic (exact) mass is 371 g/mol. The van der Waals surface area contributed by atoms with E-state index in [-0.39, 0.29) is 17.2 Å². The van der Waals surface area contributed by atoms with E-state index in [9.17, 15) is 9.59 Å². The highest BCUT2D eigenvalue weighted by Crippen LogP contribution is 2.39. The topological polar surface area (TPSA) is 53.5 Å². The molecule has 2 aliphatic rings. The molecule has 0 aliphatic carbocycles. The van der Waals surface area contributed by atoms with Crippen molar-refractivity contribution in [3.63, 3.8) is 0 Å². The van der Waals surface area contributed by atoms with Gasteiger partial charge < -0.3 is 9.80 Å². The van der Waals surface area contributed by atoms with Gasteiger partial charge in [0.25, 0.3) is 5.91 Å². The zero-order valence-electron chi connectivity index (χ0n) is 17.0. The highest BCUT2D eigenvalue weighted by Gasteiger charge is 2.42. The molecule has 27 heavy (non-hydrogen) atoms. The summed E-state index contributed by atoms with van der Waals surface area (Å²) in [6, 6.07) is 3.74. The fourth-order valence-corrected chi connectivity index (χ4v) is 4.42. The third kappa shape index (κ3) is 4.69. The Balaban J connectivity index is 1.70. The van der Waals surface area contributed by atoms with E-state index in [2.05, 4.69) is 30.7 Å². The molecule has 5 heteroatoms. The van der Waals surface area contributed by atoms with E-state index in [1.807, 2.05) is 17.0 Å². The second kappa shape index (κ2) is 8.41. The van der Waals surface area contributed by atoms with Gasteiger partial charge in [-0.25, -0.2) is 0 Å². The predicted molar refractivity (Wildman–Crippen MR) is 106 cm³/mol. The average Bonchev–Trinajstić information content (AvgIpc) is 2.68. The highest BCUT2D eigenvalue weighted by atomic mass is 16.2. The van der Waals surface area contributed by atoms with Crippen LogP contribution in [-0.4, -0.2) is 52.8 Å². The first-order chi connectivity index (χ1) is 12.9. The molecular weight excluding hydrogens is 338 g/mol. The summed E-state index contributed by atoms with van der Waals surface area (Å²) in [7, 11) is 0. The third-order valence-electron chi connectivity index (χ3n) is 6.10. The largest absolute Gasteiger partial charge is 0.342 e. The van der Waals surface area contributed by atoms with Crippen LogP contribution in [0.15, 0.2) is 18.3 Å². The van der Waals surface area contributed by atoms with E-state index in [4.69, 9.17) is 0 Å². The number of aryl methyl sites for hydroxylation is 1. The van der Waals surface area contributed by atoms with Gasteiger partial charge in [-0.3, -0.25) is 14.6 Å². The van der Waals surface area contributed by atoms with Crippen molar-refractivity contribution >= 4 is 11.8 Å². The lowest BCUT2D eigenvalue weighted by Crippen LogP contribution is -2.55. The summed E-state index contributed by atoms with van der Waals surface area (Å²) < 4.78 is 0. The molecule has 1 spiro atoms. The maximum Gasteiger partial charge on any atom is 0.253 e. The van der Waals surface area contributed by atoms with Gasteiger partial charge in [-0.05, 0) is 50.2 Å². The Morgan fingerprint density at radius 3 is 2.85 bits per heavy atom. The minimum Gasteiger partial charge on any atom is -0.342 e. The van der Waals surface area contributed by atoms with Gasteiger partial charge in [0, 0.05) is 55.5 Å². The zero-order chi connectivity index (χ0) is 19.4. The first-order valence-electron chi connectivity index (χ1n) is 10.4. The van der Waals surface area contributed by atoms with Crippen LogP contribution in [0.1, 0.15) is 68.9 Å². The number of pyridine rings is 1. The van der Waals surface area contributed by atoms with Crippen molar-refractivity contribution in [1.29, 1.82) is 0 Å². The Labute approximate surface area is 163 Å². The van der Waals surface area contributed by atoms with Crippen LogP contribution in [0.2, 0.25) is 0 Å². The van der Waals surface area contributed by atoms with E-state index < -0.39 is 0 Å². The number of rotatable bonds is 5. The molecule has 2 aliphatic heterocycles. The molecule has 5 nitrogen and oxygen atoms in total. The molecule has 0 N–H and O–H groups in total. The Morgan fingerprint density at radius 2 is 2.11 bits per heavy atom. The smallest absolute Gasteiger partial charge is 0.253 e.